The lowest BCUT2D eigenvalue weighted by Gasteiger charge is -2.07. The van der Waals surface area contributed by atoms with Gasteiger partial charge in [0, 0.05) is 11.5 Å². The van der Waals surface area contributed by atoms with Gasteiger partial charge in [-0.3, -0.25) is 4.79 Å². The summed E-state index contributed by atoms with van der Waals surface area (Å²) in [6, 6.07) is 6.10. The molecule has 1 heterocycles. The van der Waals surface area contributed by atoms with Crippen LogP contribution >= 0.6 is 0 Å². The second-order valence-electron chi connectivity index (χ2n) is 3.73. The molecule has 1 aromatic carbocycles. The minimum atomic E-state index is -0.969. The predicted molar refractivity (Wildman–Crippen MR) is 62.6 cm³/mol. The first-order valence-corrected chi connectivity index (χ1v) is 5.09. The number of benzene rings is 1. The number of carboxylic acid groups (broad SMARTS) is 1. The minimum Gasteiger partial charge on any atom is -0.480 e. The number of nitrogens with one attached hydrogen (secondary N) is 1. The molecule has 1 aromatic heterocycles. The molecule has 0 aliphatic carbocycles. The van der Waals surface area contributed by atoms with Crippen LogP contribution in [0.4, 0.5) is 10.2 Å². The minimum absolute atomic E-state index is 0.215. The van der Waals surface area contributed by atoms with E-state index in [-0.39, 0.29) is 12.4 Å². The van der Waals surface area contributed by atoms with E-state index in [1.165, 1.54) is 12.1 Å². The summed E-state index contributed by atoms with van der Waals surface area (Å²) in [6.07, 6.45) is 0. The Balaban J connectivity index is 2.42. The SMILES string of the molecule is Cc1cc(NCC(=O)O)nc2cc(F)ccc12. The van der Waals surface area contributed by atoms with Gasteiger partial charge >= 0.3 is 5.97 Å². The first-order valence-electron chi connectivity index (χ1n) is 5.09. The van der Waals surface area contributed by atoms with E-state index >= 15 is 0 Å². The van der Waals surface area contributed by atoms with Gasteiger partial charge in [-0.15, -0.1) is 0 Å². The normalized spacial score (nSPS) is 10.5. The molecule has 0 fully saturated rings. The van der Waals surface area contributed by atoms with E-state index in [1.54, 1.807) is 12.1 Å². The zero-order chi connectivity index (χ0) is 12.4. The second-order valence-corrected chi connectivity index (χ2v) is 3.73. The zero-order valence-electron chi connectivity index (χ0n) is 9.20. The Morgan fingerprint density at radius 1 is 1.47 bits per heavy atom. The lowest BCUT2D eigenvalue weighted by atomic mass is 10.1. The van der Waals surface area contributed by atoms with Crippen LogP contribution < -0.4 is 5.32 Å². The molecule has 88 valence electrons. The Morgan fingerprint density at radius 2 is 2.24 bits per heavy atom. The summed E-state index contributed by atoms with van der Waals surface area (Å²) in [6.45, 7) is 1.65. The predicted octanol–water partition coefficient (Wildman–Crippen LogP) is 2.18. The molecule has 5 heteroatoms. The van der Waals surface area contributed by atoms with E-state index in [9.17, 15) is 9.18 Å². The van der Waals surface area contributed by atoms with Crippen LogP contribution in [-0.2, 0) is 4.79 Å². The van der Waals surface area contributed by atoms with Crippen molar-refractivity contribution >= 4 is 22.7 Å². The van der Waals surface area contributed by atoms with Crippen molar-refractivity contribution in [1.29, 1.82) is 0 Å². The summed E-state index contributed by atoms with van der Waals surface area (Å²) >= 11 is 0. The Bertz CT molecular complexity index is 584. The molecule has 0 saturated carbocycles. The standard InChI is InChI=1S/C12H11FN2O2/c1-7-4-11(14-6-12(16)17)15-10-5-8(13)2-3-9(7)10/h2-5H,6H2,1H3,(H,14,15)(H,16,17). The molecule has 0 aliphatic rings. The number of carboxylic acids is 1. The number of aliphatic carboxylic acids is 1. The lowest BCUT2D eigenvalue weighted by Crippen LogP contribution is -2.13. The molecule has 0 atom stereocenters. The highest BCUT2D eigenvalue weighted by Gasteiger charge is 2.05. The smallest absolute Gasteiger partial charge is 0.322 e. The van der Waals surface area contributed by atoms with Crippen LogP contribution in [-0.4, -0.2) is 22.6 Å². The van der Waals surface area contributed by atoms with Crippen molar-refractivity contribution in [3.05, 3.63) is 35.6 Å². The van der Waals surface area contributed by atoms with Crippen LogP contribution in [0.25, 0.3) is 10.9 Å². The van der Waals surface area contributed by atoms with E-state index < -0.39 is 5.97 Å². The molecule has 0 radical (unpaired) electrons. The number of rotatable bonds is 3. The summed E-state index contributed by atoms with van der Waals surface area (Å²) in [7, 11) is 0. The average molecular weight is 234 g/mol. The quantitative estimate of drug-likeness (QED) is 0.854. The molecule has 0 aliphatic heterocycles. The van der Waals surface area contributed by atoms with Crippen LogP contribution in [0.2, 0.25) is 0 Å². The number of pyridine rings is 1. The Labute approximate surface area is 97.1 Å². The van der Waals surface area contributed by atoms with Crippen molar-refractivity contribution in [3.8, 4) is 0 Å². The fraction of sp³-hybridized carbons (Fsp3) is 0.167. The molecule has 4 nitrogen and oxygen atoms in total. The van der Waals surface area contributed by atoms with E-state index in [0.29, 0.717) is 11.3 Å². The number of hydrogen-bond donors (Lipinski definition) is 2. The molecule has 2 rings (SSSR count). The number of fused-ring (bicyclic) bond motifs is 1. The molecule has 0 amide bonds. The fourth-order valence-corrected chi connectivity index (χ4v) is 1.63. The monoisotopic (exact) mass is 234 g/mol. The third kappa shape index (κ3) is 2.50. The summed E-state index contributed by atoms with van der Waals surface area (Å²) in [5.41, 5.74) is 1.43. The van der Waals surface area contributed by atoms with Gasteiger partial charge in [0.25, 0.3) is 0 Å². The maximum atomic E-state index is 13.1. The molecule has 0 spiro atoms. The first-order chi connectivity index (χ1) is 8.06. The highest BCUT2D eigenvalue weighted by molar-refractivity contribution is 5.84. The molecule has 2 N–H and O–H groups in total. The van der Waals surface area contributed by atoms with Gasteiger partial charge in [0.2, 0.25) is 0 Å². The summed E-state index contributed by atoms with van der Waals surface area (Å²) in [4.78, 5) is 14.6. The molecule has 2 aromatic rings. The summed E-state index contributed by atoms with van der Waals surface area (Å²) < 4.78 is 13.1. The molecule has 0 saturated heterocycles. The van der Waals surface area contributed by atoms with Gasteiger partial charge in [-0.25, -0.2) is 9.37 Å². The van der Waals surface area contributed by atoms with Gasteiger partial charge in [-0.05, 0) is 30.7 Å². The lowest BCUT2D eigenvalue weighted by molar-refractivity contribution is -0.134. The fourth-order valence-electron chi connectivity index (χ4n) is 1.63. The van der Waals surface area contributed by atoms with Crippen molar-refractivity contribution in [2.75, 3.05) is 11.9 Å². The summed E-state index contributed by atoms with van der Waals surface area (Å²) in [5, 5.41) is 12.1. The molecular formula is C12H11FN2O2. The van der Waals surface area contributed by atoms with E-state index in [4.69, 9.17) is 5.11 Å². The van der Waals surface area contributed by atoms with Crippen LogP contribution in [0.5, 0.6) is 0 Å². The molecule has 0 bridgehead atoms. The third-order valence-electron chi connectivity index (χ3n) is 2.40. The second kappa shape index (κ2) is 4.37. The van der Waals surface area contributed by atoms with Gasteiger partial charge in [-0.1, -0.05) is 0 Å². The molecule has 0 unspecified atom stereocenters. The van der Waals surface area contributed by atoms with E-state index in [2.05, 4.69) is 10.3 Å². The number of aromatic nitrogens is 1. The first kappa shape index (κ1) is 11.3. The van der Waals surface area contributed by atoms with Crippen molar-refractivity contribution in [3.63, 3.8) is 0 Å². The van der Waals surface area contributed by atoms with Crippen LogP contribution in [0.1, 0.15) is 5.56 Å². The molecule has 17 heavy (non-hydrogen) atoms. The zero-order valence-corrected chi connectivity index (χ0v) is 9.20. The van der Waals surface area contributed by atoms with Crippen molar-refractivity contribution in [1.82, 2.24) is 4.98 Å². The molecular weight excluding hydrogens is 223 g/mol. The van der Waals surface area contributed by atoms with Gasteiger partial charge < -0.3 is 10.4 Å². The number of hydrogen-bond acceptors (Lipinski definition) is 3. The third-order valence-corrected chi connectivity index (χ3v) is 2.40. The summed E-state index contributed by atoms with van der Waals surface area (Å²) in [5.74, 6) is -0.897. The number of anilines is 1. The average Bonchev–Trinajstić information content (AvgIpc) is 2.25. The van der Waals surface area contributed by atoms with Crippen molar-refractivity contribution in [2.24, 2.45) is 0 Å². The van der Waals surface area contributed by atoms with Crippen LogP contribution in [0.15, 0.2) is 24.3 Å². The van der Waals surface area contributed by atoms with Crippen LogP contribution in [0, 0.1) is 12.7 Å². The number of aryl methyl sites for hydroxylation is 1. The van der Waals surface area contributed by atoms with Crippen LogP contribution in [0.3, 0.4) is 0 Å². The van der Waals surface area contributed by atoms with Gasteiger partial charge in [0.15, 0.2) is 0 Å². The maximum Gasteiger partial charge on any atom is 0.322 e. The van der Waals surface area contributed by atoms with E-state index in [0.717, 1.165) is 10.9 Å². The van der Waals surface area contributed by atoms with Gasteiger partial charge in [-0.2, -0.15) is 0 Å². The van der Waals surface area contributed by atoms with E-state index in [1.807, 2.05) is 6.92 Å². The van der Waals surface area contributed by atoms with Crippen molar-refractivity contribution < 1.29 is 14.3 Å². The Hall–Kier alpha value is -2.17. The maximum absolute atomic E-state index is 13.1. The number of nitrogens with zero attached hydrogens (tertiary/aromatic N) is 1. The van der Waals surface area contributed by atoms with Crippen molar-refractivity contribution in [2.45, 2.75) is 6.92 Å². The van der Waals surface area contributed by atoms with Gasteiger partial charge in [0.05, 0.1) is 5.52 Å². The highest BCUT2D eigenvalue weighted by Crippen LogP contribution is 2.20. The highest BCUT2D eigenvalue weighted by atomic mass is 19.1. The largest absolute Gasteiger partial charge is 0.480 e. The number of carbonyl (C=O) groups is 1. The number of halogens is 1. The topological polar surface area (TPSA) is 62.2 Å². The van der Waals surface area contributed by atoms with Gasteiger partial charge in [0.1, 0.15) is 18.2 Å². The Kier molecular flexibility index (Phi) is 2.91. The Morgan fingerprint density at radius 3 is 2.94 bits per heavy atom.